The molecule has 0 unspecified atom stereocenters. The van der Waals surface area contributed by atoms with Crippen molar-refractivity contribution in [2.45, 2.75) is 13.0 Å². The van der Waals surface area contributed by atoms with Crippen LogP contribution in [0.2, 0.25) is 0 Å². The van der Waals surface area contributed by atoms with Crippen molar-refractivity contribution >= 4 is 11.8 Å². The average molecular weight is 370 g/mol. The van der Waals surface area contributed by atoms with E-state index in [1.54, 1.807) is 6.07 Å². The van der Waals surface area contributed by atoms with Crippen LogP contribution in [0.25, 0.3) is 11.3 Å². The average Bonchev–Trinajstić information content (AvgIpc) is 2.66. The zero-order valence-corrected chi connectivity index (χ0v) is 14.6. The molecule has 1 aromatic heterocycles. The van der Waals surface area contributed by atoms with Crippen molar-refractivity contribution in [2.24, 2.45) is 0 Å². The maximum atomic E-state index is 13.4. The molecule has 0 spiro atoms. The van der Waals surface area contributed by atoms with Crippen molar-refractivity contribution in [2.75, 3.05) is 23.8 Å². The van der Waals surface area contributed by atoms with Gasteiger partial charge in [0.05, 0.1) is 5.69 Å². The number of aliphatic hydroxyl groups excluding tert-OH is 1. The normalized spacial score (nSPS) is 10.6. The molecule has 27 heavy (non-hydrogen) atoms. The molecule has 5 nitrogen and oxygen atoms in total. The van der Waals surface area contributed by atoms with Crippen molar-refractivity contribution in [3.8, 4) is 11.3 Å². The van der Waals surface area contributed by atoms with Crippen LogP contribution in [0.4, 0.5) is 20.5 Å². The van der Waals surface area contributed by atoms with Gasteiger partial charge in [-0.25, -0.2) is 13.8 Å². The van der Waals surface area contributed by atoms with E-state index in [1.165, 1.54) is 12.1 Å². The third-order valence-corrected chi connectivity index (χ3v) is 3.81. The van der Waals surface area contributed by atoms with Gasteiger partial charge < -0.3 is 15.7 Å². The Hall–Kier alpha value is -3.06. The molecule has 7 heteroatoms. The zero-order valence-electron chi connectivity index (χ0n) is 14.6. The lowest BCUT2D eigenvalue weighted by atomic mass is 10.1. The largest absolute Gasteiger partial charge is 0.396 e. The summed E-state index contributed by atoms with van der Waals surface area (Å²) in [5.74, 6) is -0.297. The van der Waals surface area contributed by atoms with E-state index in [-0.39, 0.29) is 13.2 Å². The molecule has 140 valence electrons. The number of hydrogen-bond donors (Lipinski definition) is 3. The highest BCUT2D eigenvalue weighted by Crippen LogP contribution is 2.22. The third kappa shape index (κ3) is 5.46. The van der Waals surface area contributed by atoms with E-state index in [0.717, 1.165) is 11.6 Å². The lowest BCUT2D eigenvalue weighted by Crippen LogP contribution is -2.10. The summed E-state index contributed by atoms with van der Waals surface area (Å²) in [6, 6.07) is 14.8. The van der Waals surface area contributed by atoms with Gasteiger partial charge in [-0.2, -0.15) is 4.98 Å². The molecular formula is C20H20F2N4O. The molecule has 1 heterocycles. The third-order valence-electron chi connectivity index (χ3n) is 3.81. The number of nitrogens with zero attached hydrogens (tertiary/aromatic N) is 2. The van der Waals surface area contributed by atoms with Crippen LogP contribution in [0.3, 0.4) is 0 Å². The Morgan fingerprint density at radius 3 is 2.33 bits per heavy atom. The summed E-state index contributed by atoms with van der Waals surface area (Å²) in [5.41, 5.74) is 2.11. The molecule has 0 saturated heterocycles. The second-order valence-electron chi connectivity index (χ2n) is 5.96. The highest BCUT2D eigenvalue weighted by molar-refractivity contribution is 5.64. The van der Waals surface area contributed by atoms with Gasteiger partial charge in [-0.1, -0.05) is 30.3 Å². The van der Waals surface area contributed by atoms with Crippen LogP contribution < -0.4 is 10.6 Å². The molecule has 0 radical (unpaired) electrons. The fraction of sp³-hybridized carbons (Fsp3) is 0.200. The van der Waals surface area contributed by atoms with E-state index in [9.17, 15) is 8.78 Å². The first-order valence-corrected chi connectivity index (χ1v) is 8.62. The van der Waals surface area contributed by atoms with E-state index in [0.29, 0.717) is 36.0 Å². The number of halogens is 2. The first-order valence-electron chi connectivity index (χ1n) is 8.62. The molecule has 0 aliphatic rings. The Bertz CT molecular complexity index is 870. The number of aliphatic hydroxyl groups is 1. The van der Waals surface area contributed by atoms with Gasteiger partial charge in [-0.15, -0.1) is 0 Å². The van der Waals surface area contributed by atoms with Crippen LogP contribution in [0.15, 0.2) is 54.6 Å². The summed E-state index contributed by atoms with van der Waals surface area (Å²) in [6.45, 7) is 0.820. The lowest BCUT2D eigenvalue weighted by molar-refractivity contribution is 0.292. The predicted molar refractivity (Wildman–Crippen MR) is 101 cm³/mol. The second-order valence-corrected chi connectivity index (χ2v) is 5.96. The van der Waals surface area contributed by atoms with Gasteiger partial charge in [0.25, 0.3) is 0 Å². The molecule has 3 N–H and O–H groups in total. The highest BCUT2D eigenvalue weighted by Gasteiger charge is 2.08. The number of hydrogen-bond acceptors (Lipinski definition) is 5. The number of anilines is 2. The topological polar surface area (TPSA) is 70.1 Å². The van der Waals surface area contributed by atoms with Gasteiger partial charge in [0.15, 0.2) is 0 Å². The summed E-state index contributed by atoms with van der Waals surface area (Å²) in [5, 5.41) is 15.1. The Labute approximate surface area is 156 Å². The molecule has 2 aromatic carbocycles. The molecule has 3 aromatic rings. The molecule has 0 bridgehead atoms. The standard InChI is InChI=1S/C20H20F2N4O/c21-16-9-14(10-17(22)11-16)13-24-19-12-18(15-5-2-1-3-6-15)25-20(26-19)23-7-4-8-27/h1-3,5-6,9-12,27H,4,7-8,13H2,(H2,23,24,25,26). The maximum Gasteiger partial charge on any atom is 0.225 e. The number of nitrogens with one attached hydrogen (secondary N) is 2. The number of aromatic nitrogens is 2. The summed E-state index contributed by atoms with van der Waals surface area (Å²) in [6.07, 6.45) is 0.574. The lowest BCUT2D eigenvalue weighted by Gasteiger charge is -2.11. The van der Waals surface area contributed by atoms with Crippen LogP contribution in [0, 0.1) is 11.6 Å². The summed E-state index contributed by atoms with van der Waals surface area (Å²) in [7, 11) is 0. The van der Waals surface area contributed by atoms with Crippen molar-refractivity contribution in [3.05, 3.63) is 71.8 Å². The van der Waals surface area contributed by atoms with Crippen molar-refractivity contribution in [3.63, 3.8) is 0 Å². The molecule has 0 atom stereocenters. The molecule has 0 aliphatic heterocycles. The minimum absolute atomic E-state index is 0.0711. The van der Waals surface area contributed by atoms with Gasteiger partial charge >= 0.3 is 0 Å². The quantitative estimate of drug-likeness (QED) is 0.526. The smallest absolute Gasteiger partial charge is 0.225 e. The van der Waals surface area contributed by atoms with Crippen molar-refractivity contribution in [1.29, 1.82) is 0 Å². The molecular weight excluding hydrogens is 350 g/mol. The minimum atomic E-state index is -0.620. The number of rotatable bonds is 8. The van der Waals surface area contributed by atoms with Gasteiger partial charge in [-0.05, 0) is 24.1 Å². The predicted octanol–water partition coefficient (Wildman–Crippen LogP) is 3.83. The molecule has 0 amide bonds. The monoisotopic (exact) mass is 370 g/mol. The van der Waals surface area contributed by atoms with Crippen LogP contribution in [0.1, 0.15) is 12.0 Å². The SMILES string of the molecule is OCCCNc1nc(NCc2cc(F)cc(F)c2)cc(-c2ccccc2)n1. The number of benzene rings is 2. The Morgan fingerprint density at radius 2 is 1.63 bits per heavy atom. The van der Waals surface area contributed by atoms with Gasteiger partial charge in [-0.3, -0.25) is 0 Å². The van der Waals surface area contributed by atoms with E-state index in [4.69, 9.17) is 5.11 Å². The van der Waals surface area contributed by atoms with Crippen LogP contribution in [-0.2, 0) is 6.54 Å². The van der Waals surface area contributed by atoms with Crippen molar-refractivity contribution < 1.29 is 13.9 Å². The Morgan fingerprint density at radius 1 is 0.889 bits per heavy atom. The maximum absolute atomic E-state index is 13.4. The minimum Gasteiger partial charge on any atom is -0.396 e. The Kier molecular flexibility index (Phi) is 6.27. The fourth-order valence-corrected chi connectivity index (χ4v) is 2.56. The highest BCUT2D eigenvalue weighted by atomic mass is 19.1. The first-order chi connectivity index (χ1) is 13.1. The summed E-state index contributed by atoms with van der Waals surface area (Å²) in [4.78, 5) is 8.88. The van der Waals surface area contributed by atoms with Gasteiger partial charge in [0, 0.05) is 37.4 Å². The van der Waals surface area contributed by atoms with Crippen LogP contribution in [0.5, 0.6) is 0 Å². The van der Waals surface area contributed by atoms with E-state index in [1.807, 2.05) is 30.3 Å². The molecule has 0 fully saturated rings. The van der Waals surface area contributed by atoms with Gasteiger partial charge in [0.2, 0.25) is 5.95 Å². The first kappa shape index (κ1) is 18.7. The van der Waals surface area contributed by atoms with Gasteiger partial charge in [0.1, 0.15) is 17.5 Å². The summed E-state index contributed by atoms with van der Waals surface area (Å²) < 4.78 is 26.7. The van der Waals surface area contributed by atoms with E-state index >= 15 is 0 Å². The van der Waals surface area contributed by atoms with Crippen LogP contribution >= 0.6 is 0 Å². The zero-order chi connectivity index (χ0) is 19.1. The van der Waals surface area contributed by atoms with Crippen molar-refractivity contribution in [1.82, 2.24) is 9.97 Å². The van der Waals surface area contributed by atoms with E-state index < -0.39 is 11.6 Å². The molecule has 0 aliphatic carbocycles. The second kappa shape index (κ2) is 9.05. The molecule has 3 rings (SSSR count). The molecule has 0 saturated carbocycles. The fourth-order valence-electron chi connectivity index (χ4n) is 2.56. The summed E-state index contributed by atoms with van der Waals surface area (Å²) >= 11 is 0. The van der Waals surface area contributed by atoms with E-state index in [2.05, 4.69) is 20.6 Å². The van der Waals surface area contributed by atoms with Crippen LogP contribution in [-0.4, -0.2) is 28.2 Å². The Balaban J connectivity index is 1.82.